The molecule has 0 fully saturated rings. The third kappa shape index (κ3) is 11.2. The highest BCUT2D eigenvalue weighted by Gasteiger charge is 2.24. The van der Waals surface area contributed by atoms with Crippen molar-refractivity contribution in [2.24, 2.45) is 0 Å². The number of carbonyl (C=O) groups excluding carboxylic acids is 2. The molecule has 0 rings (SSSR count). The lowest BCUT2D eigenvalue weighted by Crippen LogP contribution is -2.49. The van der Waals surface area contributed by atoms with Gasteiger partial charge in [-0.25, -0.2) is 9.59 Å². The van der Waals surface area contributed by atoms with Crippen LogP contribution in [-0.2, 0) is 14.3 Å². The predicted molar refractivity (Wildman–Crippen MR) is 83.0 cm³/mol. The number of rotatable bonds is 9. The molecule has 0 aliphatic rings. The number of unbranched alkanes of at least 4 members (excludes halogenated alkanes) is 2. The Bertz CT molecular complexity index is 382. The number of hydrogen-bond donors (Lipinski definition) is 3. The lowest BCUT2D eigenvalue weighted by molar-refractivity contribution is -0.139. The van der Waals surface area contributed by atoms with E-state index in [1.807, 2.05) is 0 Å². The van der Waals surface area contributed by atoms with E-state index in [0.717, 1.165) is 12.8 Å². The standard InChI is InChI=1S/C14H25ClN2O5/c1-14(2,3)22-13(21)17-10(12(19)20)9-16-11(18)7-5-4-6-8-15/h10H,4-9H2,1-3H3,(H,16,18)(H,17,21)(H,19,20)/t10-/m1/s1. The van der Waals surface area contributed by atoms with Gasteiger partial charge >= 0.3 is 12.1 Å². The third-order valence-corrected chi connectivity index (χ3v) is 2.80. The van der Waals surface area contributed by atoms with Gasteiger partial charge in [-0.2, -0.15) is 0 Å². The SMILES string of the molecule is CC(C)(C)OC(=O)N[C@H](CNC(=O)CCCCCCl)C(=O)O. The zero-order valence-corrected chi connectivity index (χ0v) is 14.0. The molecule has 0 saturated carbocycles. The zero-order valence-electron chi connectivity index (χ0n) is 13.3. The number of nitrogens with one attached hydrogen (secondary N) is 2. The van der Waals surface area contributed by atoms with E-state index >= 15 is 0 Å². The fourth-order valence-corrected chi connectivity index (χ4v) is 1.70. The molecule has 0 radical (unpaired) electrons. The second kappa shape index (κ2) is 10.3. The van der Waals surface area contributed by atoms with Crippen molar-refractivity contribution in [2.45, 2.75) is 58.1 Å². The van der Waals surface area contributed by atoms with Gasteiger partial charge in [0.15, 0.2) is 0 Å². The maximum Gasteiger partial charge on any atom is 0.408 e. The average molecular weight is 337 g/mol. The Hall–Kier alpha value is -1.50. The molecule has 0 aromatic rings. The molecule has 0 spiro atoms. The molecular weight excluding hydrogens is 312 g/mol. The minimum atomic E-state index is -1.24. The van der Waals surface area contributed by atoms with Gasteiger partial charge in [-0.1, -0.05) is 6.42 Å². The van der Waals surface area contributed by atoms with E-state index in [0.29, 0.717) is 18.7 Å². The maximum absolute atomic E-state index is 11.6. The predicted octanol–water partition coefficient (Wildman–Crippen LogP) is 1.88. The molecular formula is C14H25ClN2O5. The Balaban J connectivity index is 4.17. The summed E-state index contributed by atoms with van der Waals surface area (Å²) < 4.78 is 4.98. The van der Waals surface area contributed by atoms with Crippen LogP contribution >= 0.6 is 11.6 Å². The van der Waals surface area contributed by atoms with Gasteiger partial charge in [0, 0.05) is 18.8 Å². The molecule has 0 aliphatic carbocycles. The van der Waals surface area contributed by atoms with Crippen LogP contribution in [0.25, 0.3) is 0 Å². The second-order valence-corrected chi connectivity index (χ2v) is 6.22. The van der Waals surface area contributed by atoms with Crippen LogP contribution in [0.1, 0.15) is 46.5 Å². The fourth-order valence-electron chi connectivity index (χ4n) is 1.51. The average Bonchev–Trinajstić information content (AvgIpc) is 2.37. The molecule has 1 atom stereocenters. The van der Waals surface area contributed by atoms with E-state index in [1.54, 1.807) is 20.8 Å². The summed E-state index contributed by atoms with van der Waals surface area (Å²) in [4.78, 5) is 34.2. The minimum absolute atomic E-state index is 0.192. The summed E-state index contributed by atoms with van der Waals surface area (Å²) in [5.41, 5.74) is -0.723. The largest absolute Gasteiger partial charge is 0.480 e. The van der Waals surface area contributed by atoms with Crippen molar-refractivity contribution in [2.75, 3.05) is 12.4 Å². The number of ether oxygens (including phenoxy) is 1. The van der Waals surface area contributed by atoms with Crippen molar-refractivity contribution >= 4 is 29.6 Å². The van der Waals surface area contributed by atoms with Crippen LogP contribution in [0.2, 0.25) is 0 Å². The van der Waals surface area contributed by atoms with Crippen LogP contribution in [0.3, 0.4) is 0 Å². The number of alkyl carbamates (subject to hydrolysis) is 1. The summed E-state index contributed by atoms with van der Waals surface area (Å²) in [5.74, 6) is -0.942. The number of halogens is 1. The van der Waals surface area contributed by atoms with E-state index in [4.69, 9.17) is 21.4 Å². The summed E-state index contributed by atoms with van der Waals surface area (Å²) >= 11 is 5.53. The van der Waals surface area contributed by atoms with Gasteiger partial charge < -0.3 is 20.5 Å². The van der Waals surface area contributed by atoms with Gasteiger partial charge in [0.25, 0.3) is 0 Å². The molecule has 22 heavy (non-hydrogen) atoms. The number of carboxylic acids is 1. The molecule has 0 aromatic heterocycles. The first kappa shape index (κ1) is 20.5. The number of amides is 2. The highest BCUT2D eigenvalue weighted by atomic mass is 35.5. The number of carboxylic acid groups (broad SMARTS) is 1. The van der Waals surface area contributed by atoms with Crippen LogP contribution in [-0.4, -0.2) is 47.1 Å². The summed E-state index contributed by atoms with van der Waals surface area (Å²) in [6.07, 6.45) is 1.84. The lowest BCUT2D eigenvalue weighted by Gasteiger charge is -2.22. The smallest absolute Gasteiger partial charge is 0.408 e. The fraction of sp³-hybridized carbons (Fsp3) is 0.786. The molecule has 0 heterocycles. The molecule has 0 bridgehead atoms. The van der Waals surface area contributed by atoms with Crippen molar-refractivity contribution in [3.8, 4) is 0 Å². The summed E-state index contributed by atoms with van der Waals surface area (Å²) in [7, 11) is 0. The van der Waals surface area contributed by atoms with E-state index in [9.17, 15) is 14.4 Å². The Labute approximate surface area is 135 Å². The second-order valence-electron chi connectivity index (χ2n) is 5.84. The molecule has 128 valence electrons. The van der Waals surface area contributed by atoms with Crippen molar-refractivity contribution in [3.05, 3.63) is 0 Å². The Morgan fingerprint density at radius 2 is 1.82 bits per heavy atom. The van der Waals surface area contributed by atoms with Gasteiger partial charge in [-0.15, -0.1) is 11.6 Å². The van der Waals surface area contributed by atoms with Gasteiger partial charge in [0.1, 0.15) is 11.6 Å². The highest BCUT2D eigenvalue weighted by Crippen LogP contribution is 2.06. The number of aliphatic carboxylic acids is 1. The Morgan fingerprint density at radius 3 is 2.32 bits per heavy atom. The quantitative estimate of drug-likeness (QED) is 0.440. The lowest BCUT2D eigenvalue weighted by atomic mass is 10.2. The minimum Gasteiger partial charge on any atom is -0.480 e. The Kier molecular flexibility index (Phi) is 9.56. The van der Waals surface area contributed by atoms with Gasteiger partial charge in [0.2, 0.25) is 5.91 Å². The van der Waals surface area contributed by atoms with E-state index in [1.165, 1.54) is 0 Å². The van der Waals surface area contributed by atoms with Crippen LogP contribution in [0.4, 0.5) is 4.79 Å². The topological polar surface area (TPSA) is 105 Å². The monoisotopic (exact) mass is 336 g/mol. The molecule has 3 N–H and O–H groups in total. The van der Waals surface area contributed by atoms with Gasteiger partial charge in [-0.3, -0.25) is 4.79 Å². The molecule has 0 aromatic carbocycles. The van der Waals surface area contributed by atoms with Crippen molar-refractivity contribution in [3.63, 3.8) is 0 Å². The highest BCUT2D eigenvalue weighted by molar-refractivity contribution is 6.17. The summed E-state index contributed by atoms with van der Waals surface area (Å²) in [6.45, 7) is 4.82. The molecule has 0 aliphatic heterocycles. The number of alkyl halides is 1. The summed E-state index contributed by atoms with van der Waals surface area (Å²) in [6, 6.07) is -1.23. The van der Waals surface area contributed by atoms with Gasteiger partial charge in [0.05, 0.1) is 0 Å². The van der Waals surface area contributed by atoms with Crippen molar-refractivity contribution < 1.29 is 24.2 Å². The molecule has 0 saturated heterocycles. The van der Waals surface area contributed by atoms with Crippen LogP contribution in [0.15, 0.2) is 0 Å². The van der Waals surface area contributed by atoms with Crippen LogP contribution in [0, 0.1) is 0 Å². The van der Waals surface area contributed by atoms with E-state index in [-0.39, 0.29) is 12.5 Å². The van der Waals surface area contributed by atoms with E-state index < -0.39 is 23.7 Å². The van der Waals surface area contributed by atoms with Crippen molar-refractivity contribution in [1.29, 1.82) is 0 Å². The summed E-state index contributed by atoms with van der Waals surface area (Å²) in [5, 5.41) is 13.7. The van der Waals surface area contributed by atoms with Crippen molar-refractivity contribution in [1.82, 2.24) is 10.6 Å². The van der Waals surface area contributed by atoms with Gasteiger partial charge in [-0.05, 0) is 33.6 Å². The van der Waals surface area contributed by atoms with Crippen LogP contribution in [0.5, 0.6) is 0 Å². The first-order valence-electron chi connectivity index (χ1n) is 7.20. The maximum atomic E-state index is 11.6. The molecule has 0 unspecified atom stereocenters. The molecule has 2 amide bonds. The molecule has 7 nitrogen and oxygen atoms in total. The number of hydrogen-bond acceptors (Lipinski definition) is 4. The van der Waals surface area contributed by atoms with E-state index in [2.05, 4.69) is 10.6 Å². The number of carbonyl (C=O) groups is 3. The zero-order chi connectivity index (χ0) is 17.2. The molecule has 8 heteroatoms. The first-order chi connectivity index (χ1) is 10.2. The Morgan fingerprint density at radius 1 is 1.18 bits per heavy atom. The third-order valence-electron chi connectivity index (χ3n) is 2.53. The first-order valence-corrected chi connectivity index (χ1v) is 7.74. The van der Waals surface area contributed by atoms with Crippen LogP contribution < -0.4 is 10.6 Å². The normalized spacial score (nSPS) is 12.4.